The highest BCUT2D eigenvalue weighted by atomic mass is 14.4. The lowest BCUT2D eigenvalue weighted by atomic mass is 9.81. The number of fused-ring (bicyclic) bond motifs is 3. The number of nitriles is 2. The molecule has 0 atom stereocenters. The molecule has 102 valence electrons. The number of hydrogen-bond donors (Lipinski definition) is 0. The quantitative estimate of drug-likeness (QED) is 0.825. The van der Waals surface area contributed by atoms with Crippen LogP contribution in [0.2, 0.25) is 0 Å². The van der Waals surface area contributed by atoms with Crippen LogP contribution >= 0.6 is 0 Å². The van der Waals surface area contributed by atoms with E-state index < -0.39 is 0 Å². The molecule has 0 heterocycles. The zero-order chi connectivity index (χ0) is 15.0. The Morgan fingerprint density at radius 2 is 1.43 bits per heavy atom. The lowest BCUT2D eigenvalue weighted by molar-refractivity contribution is 0.659. The van der Waals surface area contributed by atoms with Gasteiger partial charge in [0, 0.05) is 5.41 Å². The van der Waals surface area contributed by atoms with E-state index in [1.165, 1.54) is 22.3 Å². The maximum atomic E-state index is 8.89. The molecule has 2 nitrogen and oxygen atoms in total. The largest absolute Gasteiger partial charge is 0.198 e. The zero-order valence-electron chi connectivity index (χ0n) is 12.3. The van der Waals surface area contributed by atoms with Crippen molar-refractivity contribution in [2.75, 3.05) is 0 Å². The second-order valence-corrected chi connectivity index (χ2v) is 6.05. The minimum absolute atomic E-state index is 0.0543. The standard InChI is InChI=1S/C19H16N2/c1-19(2)17-6-4-13(7-9-20)11-16(17)15-5-3-14(8-10-21)12-18(15)19/h3-6,11-12H,7-8H2,1-2H3. The summed E-state index contributed by atoms with van der Waals surface area (Å²) in [5.41, 5.74) is 7.10. The number of rotatable bonds is 2. The van der Waals surface area contributed by atoms with Crippen molar-refractivity contribution in [3.8, 4) is 23.3 Å². The van der Waals surface area contributed by atoms with Crippen molar-refractivity contribution in [2.45, 2.75) is 32.1 Å². The Kier molecular flexibility index (Phi) is 3.04. The van der Waals surface area contributed by atoms with E-state index in [0.717, 1.165) is 11.1 Å². The van der Waals surface area contributed by atoms with Crippen LogP contribution in [0.25, 0.3) is 11.1 Å². The van der Waals surface area contributed by atoms with Gasteiger partial charge >= 0.3 is 0 Å². The van der Waals surface area contributed by atoms with Gasteiger partial charge < -0.3 is 0 Å². The summed E-state index contributed by atoms with van der Waals surface area (Å²) < 4.78 is 0. The molecule has 0 unspecified atom stereocenters. The minimum Gasteiger partial charge on any atom is -0.198 e. The van der Waals surface area contributed by atoms with Gasteiger partial charge in [0.2, 0.25) is 0 Å². The van der Waals surface area contributed by atoms with E-state index in [0.29, 0.717) is 12.8 Å². The van der Waals surface area contributed by atoms with Gasteiger partial charge in [-0.2, -0.15) is 10.5 Å². The molecule has 0 fully saturated rings. The Labute approximate surface area is 125 Å². The summed E-state index contributed by atoms with van der Waals surface area (Å²) >= 11 is 0. The van der Waals surface area contributed by atoms with Crippen molar-refractivity contribution in [2.24, 2.45) is 0 Å². The molecule has 0 radical (unpaired) electrons. The van der Waals surface area contributed by atoms with Gasteiger partial charge in [0.1, 0.15) is 0 Å². The molecule has 3 rings (SSSR count). The lowest BCUT2D eigenvalue weighted by Gasteiger charge is -2.21. The summed E-state index contributed by atoms with van der Waals surface area (Å²) in [6.45, 7) is 4.44. The van der Waals surface area contributed by atoms with Crippen LogP contribution in [0.5, 0.6) is 0 Å². The molecule has 21 heavy (non-hydrogen) atoms. The first-order valence-corrected chi connectivity index (χ1v) is 7.09. The summed E-state index contributed by atoms with van der Waals surface area (Å²) in [7, 11) is 0. The molecule has 0 aliphatic heterocycles. The van der Waals surface area contributed by atoms with E-state index in [-0.39, 0.29) is 5.41 Å². The maximum absolute atomic E-state index is 8.89. The summed E-state index contributed by atoms with van der Waals surface area (Å²) in [4.78, 5) is 0. The summed E-state index contributed by atoms with van der Waals surface area (Å²) in [5, 5.41) is 17.8. The highest BCUT2D eigenvalue weighted by molar-refractivity contribution is 5.81. The van der Waals surface area contributed by atoms with Crippen molar-refractivity contribution in [1.29, 1.82) is 10.5 Å². The van der Waals surface area contributed by atoms with Crippen molar-refractivity contribution >= 4 is 0 Å². The topological polar surface area (TPSA) is 47.6 Å². The Bertz CT molecular complexity index is 801. The van der Waals surface area contributed by atoms with Crippen LogP contribution in [0.3, 0.4) is 0 Å². The normalized spacial score (nSPS) is 13.9. The SMILES string of the molecule is CC1(C)c2ccc(CC#N)cc2-c2ccc(CC#N)cc21. The lowest BCUT2D eigenvalue weighted by Crippen LogP contribution is -2.15. The second-order valence-electron chi connectivity index (χ2n) is 6.05. The Morgan fingerprint density at radius 3 is 2.10 bits per heavy atom. The molecule has 1 aliphatic carbocycles. The molecule has 0 aromatic heterocycles. The van der Waals surface area contributed by atoms with Gasteiger partial charge in [-0.15, -0.1) is 0 Å². The molecular weight excluding hydrogens is 256 g/mol. The predicted molar refractivity (Wildman–Crippen MR) is 82.6 cm³/mol. The van der Waals surface area contributed by atoms with Gasteiger partial charge in [-0.1, -0.05) is 44.2 Å². The van der Waals surface area contributed by atoms with Crippen LogP contribution in [-0.2, 0) is 18.3 Å². The van der Waals surface area contributed by atoms with Crippen LogP contribution in [0.15, 0.2) is 36.4 Å². The smallest absolute Gasteiger partial charge is 0.0669 e. The Hall–Kier alpha value is -2.58. The molecule has 2 aromatic rings. The van der Waals surface area contributed by atoms with Crippen LogP contribution in [0.4, 0.5) is 0 Å². The van der Waals surface area contributed by atoms with E-state index in [4.69, 9.17) is 10.5 Å². The molecule has 0 saturated carbocycles. The molecular formula is C19H16N2. The molecule has 0 amide bonds. The molecule has 0 N–H and O–H groups in total. The molecule has 1 aliphatic rings. The minimum atomic E-state index is -0.0543. The second kappa shape index (κ2) is 4.76. The van der Waals surface area contributed by atoms with Crippen molar-refractivity contribution in [3.05, 3.63) is 58.7 Å². The number of nitrogens with zero attached hydrogens (tertiary/aromatic N) is 2. The predicted octanol–water partition coefficient (Wildman–Crippen LogP) is 4.13. The third kappa shape index (κ3) is 2.01. The Morgan fingerprint density at radius 1 is 0.810 bits per heavy atom. The van der Waals surface area contributed by atoms with E-state index in [1.54, 1.807) is 0 Å². The van der Waals surface area contributed by atoms with Crippen LogP contribution in [0, 0.1) is 22.7 Å². The first-order valence-electron chi connectivity index (χ1n) is 7.09. The van der Waals surface area contributed by atoms with Gasteiger partial charge in [0.25, 0.3) is 0 Å². The van der Waals surface area contributed by atoms with Gasteiger partial charge in [-0.3, -0.25) is 0 Å². The van der Waals surface area contributed by atoms with E-state index in [2.05, 4.69) is 50.3 Å². The fraction of sp³-hybridized carbons (Fsp3) is 0.263. The summed E-state index contributed by atoms with van der Waals surface area (Å²) in [5.74, 6) is 0. The van der Waals surface area contributed by atoms with E-state index in [1.807, 2.05) is 12.1 Å². The molecule has 0 spiro atoms. The average Bonchev–Trinajstić information content (AvgIpc) is 2.68. The van der Waals surface area contributed by atoms with Gasteiger partial charge in [-0.25, -0.2) is 0 Å². The third-order valence-electron chi connectivity index (χ3n) is 4.37. The van der Waals surface area contributed by atoms with Crippen LogP contribution in [-0.4, -0.2) is 0 Å². The van der Waals surface area contributed by atoms with Gasteiger partial charge in [0.15, 0.2) is 0 Å². The van der Waals surface area contributed by atoms with E-state index >= 15 is 0 Å². The maximum Gasteiger partial charge on any atom is 0.0669 e. The van der Waals surface area contributed by atoms with Gasteiger partial charge in [0.05, 0.1) is 25.0 Å². The van der Waals surface area contributed by atoms with Crippen molar-refractivity contribution in [1.82, 2.24) is 0 Å². The first kappa shape index (κ1) is 13.4. The number of benzene rings is 2. The molecule has 2 aromatic carbocycles. The molecule has 2 heteroatoms. The monoisotopic (exact) mass is 272 g/mol. The van der Waals surface area contributed by atoms with Crippen LogP contribution < -0.4 is 0 Å². The molecule has 0 bridgehead atoms. The zero-order valence-corrected chi connectivity index (χ0v) is 12.3. The average molecular weight is 272 g/mol. The summed E-state index contributed by atoms with van der Waals surface area (Å²) in [6.07, 6.45) is 0.884. The molecule has 0 saturated heterocycles. The highest BCUT2D eigenvalue weighted by Crippen LogP contribution is 2.49. The number of hydrogen-bond acceptors (Lipinski definition) is 2. The Balaban J connectivity index is 2.19. The first-order chi connectivity index (χ1) is 10.1. The van der Waals surface area contributed by atoms with Crippen molar-refractivity contribution < 1.29 is 0 Å². The van der Waals surface area contributed by atoms with Crippen LogP contribution in [0.1, 0.15) is 36.1 Å². The fourth-order valence-electron chi connectivity index (χ4n) is 3.25. The van der Waals surface area contributed by atoms with Crippen molar-refractivity contribution in [3.63, 3.8) is 0 Å². The van der Waals surface area contributed by atoms with E-state index in [9.17, 15) is 0 Å². The van der Waals surface area contributed by atoms with Gasteiger partial charge in [-0.05, 0) is 39.4 Å². The fourth-order valence-corrected chi connectivity index (χ4v) is 3.25. The summed E-state index contributed by atoms with van der Waals surface area (Å²) in [6, 6.07) is 17.1. The third-order valence-corrected chi connectivity index (χ3v) is 4.37. The highest BCUT2D eigenvalue weighted by Gasteiger charge is 2.35.